The van der Waals surface area contributed by atoms with Crippen molar-refractivity contribution < 1.29 is 13.9 Å². The van der Waals surface area contributed by atoms with Crippen LogP contribution in [0.5, 0.6) is 0 Å². The van der Waals surface area contributed by atoms with Crippen molar-refractivity contribution in [3.8, 4) is 0 Å². The molecule has 3 nitrogen and oxygen atoms in total. The maximum Gasteiger partial charge on any atom is 0.265 e. The van der Waals surface area contributed by atoms with Crippen molar-refractivity contribution in [1.29, 1.82) is 0 Å². The minimum absolute atomic E-state index is 0.0402. The average molecular weight is 284 g/mol. The Morgan fingerprint density at radius 2 is 2.05 bits per heavy atom. The van der Waals surface area contributed by atoms with Gasteiger partial charge in [-0.05, 0) is 24.9 Å². The van der Waals surface area contributed by atoms with Crippen LogP contribution in [0.4, 0.5) is 8.78 Å². The summed E-state index contributed by atoms with van der Waals surface area (Å²) in [5, 5.41) is 12.2. The predicted molar refractivity (Wildman–Crippen MR) is 74.8 cm³/mol. The fraction of sp³-hybridized carbons (Fsp3) is 0.600. The molecule has 1 aromatic rings. The van der Waals surface area contributed by atoms with Gasteiger partial charge in [-0.15, -0.1) is 0 Å². The topological polar surface area (TPSA) is 35.5 Å². The van der Waals surface area contributed by atoms with Crippen LogP contribution in [0.2, 0.25) is 0 Å². The molecule has 1 fully saturated rings. The number of alkyl halides is 2. The Balaban J connectivity index is 1.77. The summed E-state index contributed by atoms with van der Waals surface area (Å²) in [5.41, 5.74) is 1.26. The molecule has 2 atom stereocenters. The lowest BCUT2D eigenvalue weighted by Crippen LogP contribution is -2.48. The zero-order valence-electron chi connectivity index (χ0n) is 11.5. The first-order valence-corrected chi connectivity index (χ1v) is 7.11. The second kappa shape index (κ2) is 7.67. The second-order valence-electron chi connectivity index (χ2n) is 5.37. The maximum absolute atomic E-state index is 12.2. The Bertz CT molecular complexity index is 389. The summed E-state index contributed by atoms with van der Waals surface area (Å²) >= 11 is 0. The summed E-state index contributed by atoms with van der Waals surface area (Å²) in [6.45, 7) is 2.72. The predicted octanol–water partition coefficient (Wildman–Crippen LogP) is 1.87. The third-order valence-electron chi connectivity index (χ3n) is 3.66. The molecular formula is C15H22F2N2O. The number of nitrogens with one attached hydrogen (secondary N) is 1. The highest BCUT2D eigenvalue weighted by molar-refractivity contribution is 5.14. The van der Waals surface area contributed by atoms with Crippen LogP contribution in [0.3, 0.4) is 0 Å². The fourth-order valence-electron chi connectivity index (χ4n) is 2.58. The third-order valence-corrected chi connectivity index (χ3v) is 3.66. The van der Waals surface area contributed by atoms with Gasteiger partial charge in [0.25, 0.3) is 6.43 Å². The molecule has 0 bridgehead atoms. The number of hydrogen-bond donors (Lipinski definition) is 2. The largest absolute Gasteiger partial charge is 0.386 e. The van der Waals surface area contributed by atoms with Crippen LogP contribution in [0.1, 0.15) is 18.4 Å². The third kappa shape index (κ3) is 4.81. The van der Waals surface area contributed by atoms with Crippen LogP contribution in [-0.2, 0) is 6.54 Å². The molecule has 0 aliphatic carbocycles. The molecule has 5 heteroatoms. The van der Waals surface area contributed by atoms with E-state index in [2.05, 4.69) is 22.3 Å². The lowest BCUT2D eigenvalue weighted by molar-refractivity contribution is -0.00605. The van der Waals surface area contributed by atoms with Crippen molar-refractivity contribution in [3.05, 3.63) is 35.9 Å². The Morgan fingerprint density at radius 1 is 1.30 bits per heavy atom. The van der Waals surface area contributed by atoms with Gasteiger partial charge < -0.3 is 10.4 Å². The summed E-state index contributed by atoms with van der Waals surface area (Å²) in [7, 11) is 0. The van der Waals surface area contributed by atoms with Crippen molar-refractivity contribution >= 4 is 0 Å². The Morgan fingerprint density at radius 3 is 2.75 bits per heavy atom. The van der Waals surface area contributed by atoms with Gasteiger partial charge in [-0.25, -0.2) is 8.78 Å². The summed E-state index contributed by atoms with van der Waals surface area (Å²) in [4.78, 5) is 2.32. The molecule has 2 unspecified atom stereocenters. The first-order valence-electron chi connectivity index (χ1n) is 7.11. The van der Waals surface area contributed by atoms with Crippen LogP contribution in [-0.4, -0.2) is 48.2 Å². The first-order chi connectivity index (χ1) is 9.65. The molecule has 0 spiro atoms. The summed E-state index contributed by atoms with van der Waals surface area (Å²) < 4.78 is 24.5. The van der Waals surface area contributed by atoms with Crippen molar-refractivity contribution in [2.24, 2.45) is 0 Å². The van der Waals surface area contributed by atoms with E-state index in [1.54, 1.807) is 0 Å². The van der Waals surface area contributed by atoms with Gasteiger partial charge in [0.05, 0.1) is 0 Å². The lowest BCUT2D eigenvalue weighted by atomic mass is 10.0. The molecular weight excluding hydrogens is 262 g/mol. The van der Waals surface area contributed by atoms with E-state index in [0.29, 0.717) is 0 Å². The number of nitrogens with zero attached hydrogens (tertiary/aromatic N) is 1. The molecule has 2 N–H and O–H groups in total. The van der Waals surface area contributed by atoms with E-state index >= 15 is 0 Å². The molecule has 1 saturated heterocycles. The van der Waals surface area contributed by atoms with Crippen LogP contribution < -0.4 is 5.32 Å². The van der Waals surface area contributed by atoms with Crippen LogP contribution >= 0.6 is 0 Å². The number of aliphatic hydroxyl groups excluding tert-OH is 1. The maximum atomic E-state index is 12.2. The van der Waals surface area contributed by atoms with Crippen LogP contribution in [0, 0.1) is 0 Å². The monoisotopic (exact) mass is 284 g/mol. The van der Waals surface area contributed by atoms with Crippen LogP contribution in [0.25, 0.3) is 0 Å². The van der Waals surface area contributed by atoms with E-state index in [4.69, 9.17) is 5.11 Å². The normalized spacial score (nSPS) is 22.1. The highest BCUT2D eigenvalue weighted by Crippen LogP contribution is 2.14. The Kier molecular flexibility index (Phi) is 5.88. The van der Waals surface area contributed by atoms with Gasteiger partial charge in [-0.3, -0.25) is 4.90 Å². The highest BCUT2D eigenvalue weighted by Gasteiger charge is 2.22. The van der Waals surface area contributed by atoms with Gasteiger partial charge >= 0.3 is 0 Å². The molecule has 1 aliphatic heterocycles. The van der Waals surface area contributed by atoms with E-state index in [1.807, 2.05) is 18.2 Å². The number of rotatable bonds is 6. The smallest absolute Gasteiger partial charge is 0.265 e. The number of halogens is 2. The molecule has 0 amide bonds. The van der Waals surface area contributed by atoms with Gasteiger partial charge in [-0.2, -0.15) is 0 Å². The molecule has 0 radical (unpaired) electrons. The van der Waals surface area contributed by atoms with Gasteiger partial charge in [-0.1, -0.05) is 30.3 Å². The van der Waals surface area contributed by atoms with Crippen molar-refractivity contribution in [1.82, 2.24) is 10.2 Å². The zero-order chi connectivity index (χ0) is 14.4. The summed E-state index contributed by atoms with van der Waals surface area (Å²) in [5.74, 6) is 0. The molecule has 2 rings (SSSR count). The van der Waals surface area contributed by atoms with Crippen molar-refractivity contribution in [3.63, 3.8) is 0 Å². The molecule has 0 saturated carbocycles. The Labute approximate surface area is 118 Å². The minimum Gasteiger partial charge on any atom is -0.386 e. The SMILES string of the molecule is OC(CNC1CCCN(Cc2ccccc2)C1)C(F)F. The molecule has 1 aromatic carbocycles. The van der Waals surface area contributed by atoms with Gasteiger partial charge in [0.1, 0.15) is 6.10 Å². The number of aliphatic hydroxyl groups is 1. The van der Waals surface area contributed by atoms with Crippen LogP contribution in [0.15, 0.2) is 30.3 Å². The van der Waals surface area contributed by atoms with Crippen molar-refractivity contribution in [2.75, 3.05) is 19.6 Å². The standard InChI is InChI=1S/C15H22F2N2O/c16-15(17)14(20)9-18-13-7-4-8-19(11-13)10-12-5-2-1-3-6-12/h1-3,5-6,13-15,18,20H,4,7-11H2. The average Bonchev–Trinajstić information content (AvgIpc) is 2.46. The van der Waals surface area contributed by atoms with Crippen molar-refractivity contribution in [2.45, 2.75) is 38.0 Å². The van der Waals surface area contributed by atoms with E-state index < -0.39 is 12.5 Å². The van der Waals surface area contributed by atoms with Gasteiger partial charge in [0, 0.05) is 25.7 Å². The lowest BCUT2D eigenvalue weighted by Gasteiger charge is -2.33. The minimum atomic E-state index is -2.67. The number of benzene rings is 1. The van der Waals surface area contributed by atoms with Gasteiger partial charge in [0.15, 0.2) is 0 Å². The first kappa shape index (κ1) is 15.4. The molecule has 112 valence electrons. The molecule has 0 aromatic heterocycles. The zero-order valence-corrected chi connectivity index (χ0v) is 11.5. The number of piperidine rings is 1. The Hall–Kier alpha value is -1.04. The quantitative estimate of drug-likeness (QED) is 0.837. The van der Waals surface area contributed by atoms with E-state index in [0.717, 1.165) is 32.5 Å². The highest BCUT2D eigenvalue weighted by atomic mass is 19.3. The molecule has 20 heavy (non-hydrogen) atoms. The second-order valence-corrected chi connectivity index (χ2v) is 5.37. The van der Waals surface area contributed by atoms with E-state index in [1.165, 1.54) is 5.56 Å². The van der Waals surface area contributed by atoms with Gasteiger partial charge in [0.2, 0.25) is 0 Å². The van der Waals surface area contributed by atoms with E-state index in [-0.39, 0.29) is 12.6 Å². The number of likely N-dealkylation sites (tertiary alicyclic amines) is 1. The number of hydrogen-bond acceptors (Lipinski definition) is 3. The molecule has 1 aliphatic rings. The summed E-state index contributed by atoms with van der Waals surface area (Å²) in [6.07, 6.45) is -2.22. The fourth-order valence-corrected chi connectivity index (χ4v) is 2.58. The molecule has 1 heterocycles. The summed E-state index contributed by atoms with van der Waals surface area (Å²) in [6, 6.07) is 10.4. The van der Waals surface area contributed by atoms with E-state index in [9.17, 15) is 8.78 Å².